The molecule has 0 aliphatic carbocycles. The first kappa shape index (κ1) is 22.9. The van der Waals surface area contributed by atoms with Crippen molar-refractivity contribution in [1.29, 1.82) is 0 Å². The van der Waals surface area contributed by atoms with Crippen molar-refractivity contribution in [3.63, 3.8) is 0 Å². The van der Waals surface area contributed by atoms with Crippen LogP contribution in [0.4, 0.5) is 5.82 Å². The summed E-state index contributed by atoms with van der Waals surface area (Å²) in [6.45, 7) is 3.67. The summed E-state index contributed by atoms with van der Waals surface area (Å²) in [5.41, 5.74) is 2.28. The summed E-state index contributed by atoms with van der Waals surface area (Å²) in [4.78, 5) is 13.7. The normalized spacial score (nSPS) is 15.9. The van der Waals surface area contributed by atoms with Crippen LogP contribution in [-0.4, -0.2) is 63.7 Å². The lowest BCUT2D eigenvalue weighted by atomic mass is 10.0. The highest BCUT2D eigenvalue weighted by molar-refractivity contribution is 5.79. The fourth-order valence-corrected chi connectivity index (χ4v) is 3.92. The second-order valence-electron chi connectivity index (χ2n) is 8.07. The van der Waals surface area contributed by atoms with Gasteiger partial charge in [-0.3, -0.25) is 9.89 Å². The van der Waals surface area contributed by atoms with E-state index in [9.17, 15) is 0 Å². The molecular weight excluding hydrogens is 388 g/mol. The Balaban J connectivity index is 1.63. The fourth-order valence-electron chi connectivity index (χ4n) is 3.92. The number of pyridine rings is 1. The number of hydrogen-bond acceptors (Lipinski definition) is 5. The summed E-state index contributed by atoms with van der Waals surface area (Å²) >= 11 is 0. The number of nitrogens with one attached hydrogen (secondary N) is 2. The van der Waals surface area contributed by atoms with Crippen LogP contribution in [0.1, 0.15) is 36.6 Å². The minimum absolute atomic E-state index is 0.292. The van der Waals surface area contributed by atoms with Crippen LogP contribution in [0.25, 0.3) is 0 Å². The van der Waals surface area contributed by atoms with Crippen LogP contribution in [0.15, 0.2) is 47.5 Å². The molecule has 7 nitrogen and oxygen atoms in total. The molecule has 31 heavy (non-hydrogen) atoms. The summed E-state index contributed by atoms with van der Waals surface area (Å²) in [5, 5.41) is 6.93. The largest absolute Gasteiger partial charge is 0.497 e. The molecule has 3 rings (SSSR count). The number of benzene rings is 1. The lowest BCUT2D eigenvalue weighted by molar-refractivity contribution is 0.164. The highest BCUT2D eigenvalue weighted by atomic mass is 16.5. The van der Waals surface area contributed by atoms with Gasteiger partial charge >= 0.3 is 0 Å². The van der Waals surface area contributed by atoms with Crippen LogP contribution >= 0.6 is 0 Å². The van der Waals surface area contributed by atoms with E-state index < -0.39 is 0 Å². The van der Waals surface area contributed by atoms with Gasteiger partial charge in [0.2, 0.25) is 0 Å². The van der Waals surface area contributed by atoms with E-state index in [0.29, 0.717) is 12.6 Å². The van der Waals surface area contributed by atoms with Gasteiger partial charge in [0.1, 0.15) is 11.6 Å². The summed E-state index contributed by atoms with van der Waals surface area (Å²) < 4.78 is 5.34. The first-order valence-corrected chi connectivity index (χ1v) is 11.1. The molecule has 0 amide bonds. The van der Waals surface area contributed by atoms with Gasteiger partial charge in [-0.1, -0.05) is 24.6 Å². The number of piperidine rings is 1. The molecule has 1 aromatic carbocycles. The van der Waals surface area contributed by atoms with Crippen LogP contribution in [0.5, 0.6) is 5.75 Å². The first-order chi connectivity index (χ1) is 15.1. The number of methoxy groups -OCH3 is 1. The molecular formula is C24H36N6O. The van der Waals surface area contributed by atoms with Crippen molar-refractivity contribution in [2.75, 3.05) is 52.8 Å². The highest BCUT2D eigenvalue weighted by Crippen LogP contribution is 2.25. The van der Waals surface area contributed by atoms with Crippen LogP contribution in [-0.2, 0) is 6.54 Å². The number of aromatic nitrogens is 1. The third kappa shape index (κ3) is 6.59. The molecule has 2 heterocycles. The predicted octanol–water partition coefficient (Wildman–Crippen LogP) is 3.05. The van der Waals surface area contributed by atoms with Crippen molar-refractivity contribution in [3.05, 3.63) is 53.7 Å². The number of anilines is 1. The van der Waals surface area contributed by atoms with E-state index in [2.05, 4.69) is 37.6 Å². The third-order valence-corrected chi connectivity index (χ3v) is 5.71. The number of rotatable bonds is 8. The van der Waals surface area contributed by atoms with Gasteiger partial charge in [0.05, 0.1) is 25.4 Å². The Bertz CT molecular complexity index is 830. The van der Waals surface area contributed by atoms with Gasteiger partial charge in [0, 0.05) is 27.7 Å². The summed E-state index contributed by atoms with van der Waals surface area (Å²) in [6, 6.07) is 14.8. The zero-order valence-electron chi connectivity index (χ0n) is 19.3. The van der Waals surface area contributed by atoms with Gasteiger partial charge in [-0.05, 0) is 55.8 Å². The fraction of sp³-hybridized carbons (Fsp3) is 0.500. The van der Waals surface area contributed by atoms with Gasteiger partial charge in [-0.15, -0.1) is 0 Å². The van der Waals surface area contributed by atoms with E-state index >= 15 is 0 Å². The minimum Gasteiger partial charge on any atom is -0.497 e. The molecule has 1 aliphatic rings. The van der Waals surface area contributed by atoms with Crippen molar-refractivity contribution in [2.24, 2.45) is 4.99 Å². The van der Waals surface area contributed by atoms with E-state index in [1.165, 1.54) is 24.8 Å². The SMILES string of the molecule is CN=C(NCc1cccc(N(C)C)n1)NCC(c1ccc(OC)cc1)N1CCCCC1. The number of aliphatic imine (C=N–C) groups is 1. The molecule has 2 aromatic rings. The third-order valence-electron chi connectivity index (χ3n) is 5.71. The molecule has 1 aliphatic heterocycles. The quantitative estimate of drug-likeness (QED) is 0.502. The zero-order valence-corrected chi connectivity index (χ0v) is 19.3. The Morgan fingerprint density at radius 1 is 1.10 bits per heavy atom. The Morgan fingerprint density at radius 3 is 2.48 bits per heavy atom. The average Bonchev–Trinajstić information content (AvgIpc) is 2.82. The van der Waals surface area contributed by atoms with Crippen molar-refractivity contribution < 1.29 is 4.74 Å². The smallest absolute Gasteiger partial charge is 0.191 e. The van der Waals surface area contributed by atoms with Crippen LogP contribution in [0.3, 0.4) is 0 Å². The van der Waals surface area contributed by atoms with Gasteiger partial charge in [-0.25, -0.2) is 4.98 Å². The standard InChI is InChI=1S/C24H36N6O/c1-25-24(26-17-20-9-8-10-23(28-20)29(2)3)27-18-22(30-15-6-5-7-16-30)19-11-13-21(31-4)14-12-19/h8-14,22H,5-7,15-18H2,1-4H3,(H2,25,26,27). The number of likely N-dealkylation sites (tertiary alicyclic amines) is 1. The molecule has 168 valence electrons. The van der Waals surface area contributed by atoms with Gasteiger partial charge in [0.25, 0.3) is 0 Å². The molecule has 7 heteroatoms. The monoisotopic (exact) mass is 424 g/mol. The lowest BCUT2D eigenvalue weighted by Gasteiger charge is -2.35. The van der Waals surface area contributed by atoms with E-state index in [-0.39, 0.29) is 0 Å². The molecule has 1 saturated heterocycles. The van der Waals surface area contributed by atoms with Crippen LogP contribution in [0.2, 0.25) is 0 Å². The maximum absolute atomic E-state index is 5.34. The Kier molecular flexibility index (Phi) is 8.53. The summed E-state index contributed by atoms with van der Waals surface area (Å²) in [7, 11) is 7.51. The van der Waals surface area contributed by atoms with Gasteiger partial charge < -0.3 is 20.3 Å². The molecule has 0 radical (unpaired) electrons. The Labute approximate surface area is 186 Å². The maximum atomic E-state index is 5.34. The van der Waals surface area contributed by atoms with E-state index in [4.69, 9.17) is 4.74 Å². The molecule has 0 spiro atoms. The second kappa shape index (κ2) is 11.6. The minimum atomic E-state index is 0.292. The molecule has 1 fully saturated rings. The first-order valence-electron chi connectivity index (χ1n) is 11.1. The highest BCUT2D eigenvalue weighted by Gasteiger charge is 2.22. The van der Waals surface area contributed by atoms with Crippen LogP contribution in [0, 0.1) is 0 Å². The predicted molar refractivity (Wildman–Crippen MR) is 128 cm³/mol. The van der Waals surface area contributed by atoms with Crippen molar-refractivity contribution >= 4 is 11.8 Å². The molecule has 0 saturated carbocycles. The average molecular weight is 425 g/mol. The lowest BCUT2D eigenvalue weighted by Crippen LogP contribution is -2.44. The molecule has 2 N–H and O–H groups in total. The van der Waals surface area contributed by atoms with Crippen molar-refractivity contribution in [1.82, 2.24) is 20.5 Å². The van der Waals surface area contributed by atoms with Crippen molar-refractivity contribution in [2.45, 2.75) is 31.8 Å². The van der Waals surface area contributed by atoms with Crippen molar-refractivity contribution in [3.8, 4) is 5.75 Å². The number of ether oxygens (including phenoxy) is 1. The van der Waals surface area contributed by atoms with Gasteiger partial charge in [0.15, 0.2) is 5.96 Å². The molecule has 0 bridgehead atoms. The van der Waals surface area contributed by atoms with E-state index in [1.54, 1.807) is 7.11 Å². The summed E-state index contributed by atoms with van der Waals surface area (Å²) in [5.74, 6) is 2.62. The Hall–Kier alpha value is -2.80. The Morgan fingerprint density at radius 2 is 1.84 bits per heavy atom. The number of hydrogen-bond donors (Lipinski definition) is 2. The van der Waals surface area contributed by atoms with Gasteiger partial charge in [-0.2, -0.15) is 0 Å². The number of nitrogens with zero attached hydrogens (tertiary/aromatic N) is 4. The maximum Gasteiger partial charge on any atom is 0.191 e. The van der Waals surface area contributed by atoms with E-state index in [0.717, 1.165) is 42.9 Å². The molecule has 1 unspecified atom stereocenters. The van der Waals surface area contributed by atoms with Crippen LogP contribution < -0.4 is 20.3 Å². The molecule has 1 atom stereocenters. The summed E-state index contributed by atoms with van der Waals surface area (Å²) in [6.07, 6.45) is 3.84. The number of guanidine groups is 1. The van der Waals surface area contributed by atoms with E-state index in [1.807, 2.05) is 56.4 Å². The zero-order chi connectivity index (χ0) is 22.1. The second-order valence-corrected chi connectivity index (χ2v) is 8.07. The molecule has 1 aromatic heterocycles. The topological polar surface area (TPSA) is 65.0 Å².